The van der Waals surface area contributed by atoms with Crippen molar-refractivity contribution in [3.8, 4) is 11.3 Å². The fraction of sp³-hybridized carbons (Fsp3) is 0.286. The molecule has 0 aliphatic carbocycles. The molecule has 4 heteroatoms. The molecule has 0 amide bonds. The van der Waals surface area contributed by atoms with Gasteiger partial charge in [-0.15, -0.1) is 0 Å². The molecule has 130 valence electrons. The van der Waals surface area contributed by atoms with Crippen molar-refractivity contribution in [3.63, 3.8) is 0 Å². The summed E-state index contributed by atoms with van der Waals surface area (Å²) >= 11 is 0. The van der Waals surface area contributed by atoms with Gasteiger partial charge in [0.2, 0.25) is 0 Å². The third-order valence-corrected chi connectivity index (χ3v) is 4.26. The third-order valence-electron chi connectivity index (χ3n) is 4.26. The van der Waals surface area contributed by atoms with Crippen LogP contribution < -0.4 is 5.32 Å². The molecule has 0 bridgehead atoms. The van der Waals surface area contributed by atoms with Gasteiger partial charge in [0, 0.05) is 29.8 Å². The predicted molar refractivity (Wildman–Crippen MR) is 101 cm³/mol. The number of nitrogens with zero attached hydrogens (tertiary/aromatic N) is 1. The van der Waals surface area contributed by atoms with E-state index in [0.717, 1.165) is 60.1 Å². The predicted octanol–water partition coefficient (Wildman–Crippen LogP) is 5.01. The SMILES string of the molecule is OCCCCCCNc1cc(-c2ccc(F)cc2)nc2ccccc12. The van der Waals surface area contributed by atoms with Crippen LogP contribution in [0.25, 0.3) is 22.2 Å². The zero-order valence-electron chi connectivity index (χ0n) is 14.2. The lowest BCUT2D eigenvalue weighted by Gasteiger charge is -2.12. The molecule has 2 N–H and O–H groups in total. The quantitative estimate of drug-likeness (QED) is 0.568. The van der Waals surface area contributed by atoms with Gasteiger partial charge in [0.25, 0.3) is 0 Å². The Labute approximate surface area is 147 Å². The number of aliphatic hydroxyl groups excluding tert-OH is 1. The number of rotatable bonds is 8. The number of aromatic nitrogens is 1. The van der Waals surface area contributed by atoms with Crippen LogP contribution in [0.3, 0.4) is 0 Å². The largest absolute Gasteiger partial charge is 0.396 e. The van der Waals surface area contributed by atoms with Crippen molar-refractivity contribution in [2.45, 2.75) is 25.7 Å². The van der Waals surface area contributed by atoms with Gasteiger partial charge in [0.15, 0.2) is 0 Å². The molecule has 3 nitrogen and oxygen atoms in total. The Hall–Kier alpha value is -2.46. The average molecular weight is 338 g/mol. The molecular formula is C21H23FN2O. The molecule has 0 unspecified atom stereocenters. The van der Waals surface area contributed by atoms with Gasteiger partial charge >= 0.3 is 0 Å². The number of benzene rings is 2. The van der Waals surface area contributed by atoms with Gasteiger partial charge in [0.1, 0.15) is 5.82 Å². The number of hydrogen-bond donors (Lipinski definition) is 2. The van der Waals surface area contributed by atoms with E-state index in [-0.39, 0.29) is 12.4 Å². The zero-order chi connectivity index (χ0) is 17.5. The summed E-state index contributed by atoms with van der Waals surface area (Å²) in [6.45, 7) is 1.14. The van der Waals surface area contributed by atoms with E-state index in [4.69, 9.17) is 10.1 Å². The first kappa shape index (κ1) is 17.4. The highest BCUT2D eigenvalue weighted by molar-refractivity contribution is 5.93. The lowest BCUT2D eigenvalue weighted by molar-refractivity contribution is 0.283. The van der Waals surface area contributed by atoms with Crippen LogP contribution in [0.15, 0.2) is 54.6 Å². The Balaban J connectivity index is 1.81. The van der Waals surface area contributed by atoms with Gasteiger partial charge in [-0.25, -0.2) is 9.37 Å². The summed E-state index contributed by atoms with van der Waals surface area (Å²) in [6, 6.07) is 16.5. The molecule has 1 aromatic heterocycles. The first-order chi connectivity index (χ1) is 12.3. The fourth-order valence-electron chi connectivity index (χ4n) is 2.90. The van der Waals surface area contributed by atoms with E-state index in [1.54, 1.807) is 12.1 Å². The first-order valence-corrected chi connectivity index (χ1v) is 8.78. The number of unbranched alkanes of at least 4 members (excludes halogenated alkanes) is 3. The molecule has 0 saturated heterocycles. The second-order valence-electron chi connectivity index (χ2n) is 6.14. The van der Waals surface area contributed by atoms with Crippen LogP contribution in [0, 0.1) is 5.82 Å². The van der Waals surface area contributed by atoms with Gasteiger partial charge in [0.05, 0.1) is 11.2 Å². The van der Waals surface area contributed by atoms with Gasteiger partial charge in [-0.3, -0.25) is 0 Å². The molecule has 3 rings (SSSR count). The van der Waals surface area contributed by atoms with Gasteiger partial charge in [-0.05, 0) is 49.2 Å². The number of aliphatic hydroxyl groups is 1. The smallest absolute Gasteiger partial charge is 0.123 e. The van der Waals surface area contributed by atoms with Crippen molar-refractivity contribution < 1.29 is 9.50 Å². The second kappa shape index (κ2) is 8.58. The zero-order valence-corrected chi connectivity index (χ0v) is 14.2. The number of para-hydroxylation sites is 1. The molecular weight excluding hydrogens is 315 g/mol. The number of halogens is 1. The summed E-state index contributed by atoms with van der Waals surface area (Å²) < 4.78 is 13.2. The normalized spacial score (nSPS) is 11.0. The van der Waals surface area contributed by atoms with E-state index in [2.05, 4.69) is 11.4 Å². The van der Waals surface area contributed by atoms with Crippen LogP contribution >= 0.6 is 0 Å². The molecule has 25 heavy (non-hydrogen) atoms. The number of anilines is 1. The number of pyridine rings is 1. The van der Waals surface area contributed by atoms with Gasteiger partial charge in [-0.1, -0.05) is 31.0 Å². The Kier molecular flexibility index (Phi) is 5.96. The molecule has 0 aliphatic heterocycles. The Bertz CT molecular complexity index is 818. The lowest BCUT2D eigenvalue weighted by Crippen LogP contribution is -2.03. The third kappa shape index (κ3) is 4.54. The van der Waals surface area contributed by atoms with E-state index < -0.39 is 0 Å². The van der Waals surface area contributed by atoms with Crippen molar-refractivity contribution in [3.05, 3.63) is 60.4 Å². The summed E-state index contributed by atoms with van der Waals surface area (Å²) in [7, 11) is 0. The van der Waals surface area contributed by atoms with Crippen LogP contribution in [-0.4, -0.2) is 23.2 Å². The summed E-state index contributed by atoms with van der Waals surface area (Å²) in [5, 5.41) is 13.4. The molecule has 0 atom stereocenters. The van der Waals surface area contributed by atoms with Crippen LogP contribution in [0.2, 0.25) is 0 Å². The maximum atomic E-state index is 13.2. The number of hydrogen-bond acceptors (Lipinski definition) is 3. The molecule has 0 fully saturated rings. The minimum Gasteiger partial charge on any atom is -0.396 e. The monoisotopic (exact) mass is 338 g/mol. The van der Waals surface area contributed by atoms with Crippen LogP contribution in [0.5, 0.6) is 0 Å². The van der Waals surface area contributed by atoms with E-state index in [9.17, 15) is 4.39 Å². The summed E-state index contributed by atoms with van der Waals surface area (Å²) in [6.07, 6.45) is 4.08. The summed E-state index contributed by atoms with van der Waals surface area (Å²) in [4.78, 5) is 4.71. The van der Waals surface area contributed by atoms with E-state index >= 15 is 0 Å². The Morgan fingerprint density at radius 1 is 0.920 bits per heavy atom. The Morgan fingerprint density at radius 3 is 2.48 bits per heavy atom. The molecule has 0 spiro atoms. The average Bonchev–Trinajstić information content (AvgIpc) is 2.65. The van der Waals surface area contributed by atoms with Crippen molar-refractivity contribution >= 4 is 16.6 Å². The number of fused-ring (bicyclic) bond motifs is 1. The minimum atomic E-state index is -0.245. The molecule has 2 aromatic carbocycles. The molecule has 0 saturated carbocycles. The molecule has 0 radical (unpaired) electrons. The van der Waals surface area contributed by atoms with Crippen LogP contribution in [0.1, 0.15) is 25.7 Å². The van der Waals surface area contributed by atoms with Crippen molar-refractivity contribution in [2.75, 3.05) is 18.5 Å². The standard InChI is InChI=1S/C21H23FN2O/c22-17-11-9-16(10-12-17)20-15-21(23-13-5-1-2-6-14-25)18-7-3-4-8-19(18)24-20/h3-4,7-12,15,25H,1-2,5-6,13-14H2,(H,23,24). The van der Waals surface area contributed by atoms with E-state index in [1.165, 1.54) is 12.1 Å². The summed E-state index contributed by atoms with van der Waals surface area (Å²) in [5.41, 5.74) is 3.71. The topological polar surface area (TPSA) is 45.1 Å². The van der Waals surface area contributed by atoms with Gasteiger partial charge in [-0.2, -0.15) is 0 Å². The van der Waals surface area contributed by atoms with Crippen LogP contribution in [-0.2, 0) is 0 Å². The maximum absolute atomic E-state index is 13.2. The number of nitrogens with one attached hydrogen (secondary N) is 1. The molecule has 3 aromatic rings. The maximum Gasteiger partial charge on any atom is 0.123 e. The lowest BCUT2D eigenvalue weighted by atomic mass is 10.1. The second-order valence-corrected chi connectivity index (χ2v) is 6.14. The van der Waals surface area contributed by atoms with Crippen LogP contribution in [0.4, 0.5) is 10.1 Å². The Morgan fingerprint density at radius 2 is 1.68 bits per heavy atom. The molecule has 1 heterocycles. The highest BCUT2D eigenvalue weighted by Crippen LogP contribution is 2.28. The molecule has 0 aliphatic rings. The fourth-order valence-corrected chi connectivity index (χ4v) is 2.90. The van der Waals surface area contributed by atoms with Crippen molar-refractivity contribution in [1.82, 2.24) is 4.98 Å². The van der Waals surface area contributed by atoms with Crippen molar-refractivity contribution in [1.29, 1.82) is 0 Å². The summed E-state index contributed by atoms with van der Waals surface area (Å²) in [5.74, 6) is -0.245. The highest BCUT2D eigenvalue weighted by atomic mass is 19.1. The van der Waals surface area contributed by atoms with Crippen molar-refractivity contribution in [2.24, 2.45) is 0 Å². The minimum absolute atomic E-state index is 0.245. The highest BCUT2D eigenvalue weighted by Gasteiger charge is 2.07. The van der Waals surface area contributed by atoms with E-state index in [1.807, 2.05) is 24.3 Å². The van der Waals surface area contributed by atoms with E-state index in [0.29, 0.717) is 0 Å². The first-order valence-electron chi connectivity index (χ1n) is 8.78. The van der Waals surface area contributed by atoms with Gasteiger partial charge < -0.3 is 10.4 Å².